The van der Waals surface area contributed by atoms with E-state index in [1.165, 1.54) is 0 Å². The molecule has 1 heterocycles. The van der Waals surface area contributed by atoms with E-state index in [1.54, 1.807) is 14.2 Å². The predicted octanol–water partition coefficient (Wildman–Crippen LogP) is 2.30. The van der Waals surface area contributed by atoms with Gasteiger partial charge in [0.2, 0.25) is 0 Å². The van der Waals surface area contributed by atoms with E-state index in [9.17, 15) is 0 Å². The summed E-state index contributed by atoms with van der Waals surface area (Å²) >= 11 is 3.46. The second-order valence-corrected chi connectivity index (χ2v) is 5.09. The highest BCUT2D eigenvalue weighted by molar-refractivity contribution is 9.10. The molecule has 1 aromatic carbocycles. The van der Waals surface area contributed by atoms with Crippen molar-refractivity contribution in [3.63, 3.8) is 0 Å². The fourth-order valence-corrected chi connectivity index (χ4v) is 2.51. The molecule has 5 heteroatoms. The minimum atomic E-state index is 0.793. The first-order valence-corrected chi connectivity index (χ1v) is 6.74. The van der Waals surface area contributed by atoms with Crippen LogP contribution in [0.3, 0.4) is 0 Å². The largest absolute Gasteiger partial charge is 0.496 e. The summed E-state index contributed by atoms with van der Waals surface area (Å²) in [7, 11) is 3.37. The van der Waals surface area contributed by atoms with Crippen molar-refractivity contribution >= 4 is 15.9 Å². The number of ether oxygens (including phenoxy) is 3. The van der Waals surface area contributed by atoms with Crippen LogP contribution in [0.5, 0.6) is 11.5 Å². The predicted molar refractivity (Wildman–Crippen MR) is 73.3 cm³/mol. The third kappa shape index (κ3) is 3.16. The molecule has 18 heavy (non-hydrogen) atoms. The minimum absolute atomic E-state index is 0.793. The molecule has 1 aliphatic heterocycles. The van der Waals surface area contributed by atoms with Crippen LogP contribution >= 0.6 is 15.9 Å². The van der Waals surface area contributed by atoms with Crippen LogP contribution in [0.1, 0.15) is 5.56 Å². The highest BCUT2D eigenvalue weighted by Gasteiger charge is 2.17. The molecule has 0 spiro atoms. The zero-order chi connectivity index (χ0) is 13.0. The lowest BCUT2D eigenvalue weighted by Crippen LogP contribution is -2.35. The zero-order valence-electron chi connectivity index (χ0n) is 10.7. The summed E-state index contributed by atoms with van der Waals surface area (Å²) in [5.41, 5.74) is 1.09. The van der Waals surface area contributed by atoms with Gasteiger partial charge in [0, 0.05) is 24.1 Å². The molecule has 0 radical (unpaired) electrons. The van der Waals surface area contributed by atoms with Gasteiger partial charge in [-0.15, -0.1) is 0 Å². The van der Waals surface area contributed by atoms with Gasteiger partial charge in [0.25, 0.3) is 0 Å². The Morgan fingerprint density at radius 2 is 1.72 bits per heavy atom. The Morgan fingerprint density at radius 1 is 1.17 bits per heavy atom. The smallest absolute Gasteiger partial charge is 0.128 e. The number of benzene rings is 1. The van der Waals surface area contributed by atoms with Gasteiger partial charge in [-0.05, 0) is 12.1 Å². The third-order valence-corrected chi connectivity index (χ3v) is 3.52. The van der Waals surface area contributed by atoms with Crippen molar-refractivity contribution in [1.82, 2.24) is 4.90 Å². The molecule has 0 unspecified atom stereocenters. The van der Waals surface area contributed by atoms with Crippen LogP contribution in [0, 0.1) is 0 Å². The third-order valence-electron chi connectivity index (χ3n) is 3.06. The second kappa shape index (κ2) is 6.41. The fourth-order valence-electron chi connectivity index (χ4n) is 2.09. The van der Waals surface area contributed by atoms with Gasteiger partial charge >= 0.3 is 0 Å². The van der Waals surface area contributed by atoms with Crippen molar-refractivity contribution in [3.05, 3.63) is 22.2 Å². The van der Waals surface area contributed by atoms with Gasteiger partial charge in [0.1, 0.15) is 11.5 Å². The summed E-state index contributed by atoms with van der Waals surface area (Å²) in [6, 6.07) is 3.94. The lowest BCUT2D eigenvalue weighted by atomic mass is 10.1. The van der Waals surface area contributed by atoms with E-state index < -0.39 is 0 Å². The number of hydrogen-bond acceptors (Lipinski definition) is 4. The quantitative estimate of drug-likeness (QED) is 0.853. The second-order valence-electron chi connectivity index (χ2n) is 4.18. The minimum Gasteiger partial charge on any atom is -0.496 e. The molecule has 0 saturated carbocycles. The Hall–Kier alpha value is -0.780. The maximum absolute atomic E-state index is 5.44. The standard InChI is InChI=1S/C13H18BrNO3/c1-16-12-7-10(14)8-13(17-2)11(12)9-15-3-5-18-6-4-15/h7-8H,3-6,9H2,1-2H3. The fraction of sp³-hybridized carbons (Fsp3) is 0.538. The maximum atomic E-state index is 5.44. The summed E-state index contributed by atoms with van der Waals surface area (Å²) in [5.74, 6) is 1.71. The molecule has 0 amide bonds. The van der Waals surface area contributed by atoms with Crippen LogP contribution in [0.25, 0.3) is 0 Å². The molecule has 1 aromatic rings. The van der Waals surface area contributed by atoms with Crippen LogP contribution in [0.4, 0.5) is 0 Å². The first-order chi connectivity index (χ1) is 8.74. The molecule has 0 N–H and O–H groups in total. The SMILES string of the molecule is COc1cc(Br)cc(OC)c1CN1CCOCC1. The molecule has 1 saturated heterocycles. The topological polar surface area (TPSA) is 30.9 Å². The van der Waals surface area contributed by atoms with Crippen molar-refractivity contribution in [2.24, 2.45) is 0 Å². The van der Waals surface area contributed by atoms with E-state index in [4.69, 9.17) is 14.2 Å². The number of halogens is 1. The molecule has 2 rings (SSSR count). The van der Waals surface area contributed by atoms with Gasteiger partial charge in [-0.2, -0.15) is 0 Å². The molecule has 1 aliphatic rings. The first kappa shape index (κ1) is 13.6. The lowest BCUT2D eigenvalue weighted by Gasteiger charge is -2.27. The van der Waals surface area contributed by atoms with E-state index in [2.05, 4.69) is 20.8 Å². The molecule has 0 aromatic heterocycles. The first-order valence-electron chi connectivity index (χ1n) is 5.95. The Balaban J connectivity index is 2.23. The summed E-state index contributed by atoms with van der Waals surface area (Å²) in [5, 5.41) is 0. The summed E-state index contributed by atoms with van der Waals surface area (Å²) < 4.78 is 17.2. The Kier molecular flexibility index (Phi) is 4.86. The van der Waals surface area contributed by atoms with Crippen LogP contribution in [-0.2, 0) is 11.3 Å². The van der Waals surface area contributed by atoms with Crippen molar-refractivity contribution in [2.45, 2.75) is 6.54 Å². The van der Waals surface area contributed by atoms with Crippen LogP contribution < -0.4 is 9.47 Å². The number of rotatable bonds is 4. The molecular formula is C13H18BrNO3. The average molecular weight is 316 g/mol. The lowest BCUT2D eigenvalue weighted by molar-refractivity contribution is 0.0335. The van der Waals surface area contributed by atoms with Gasteiger partial charge in [-0.1, -0.05) is 15.9 Å². The van der Waals surface area contributed by atoms with Gasteiger partial charge in [-0.3, -0.25) is 4.90 Å². The maximum Gasteiger partial charge on any atom is 0.128 e. The molecular weight excluding hydrogens is 298 g/mol. The normalized spacial score (nSPS) is 16.6. The number of methoxy groups -OCH3 is 2. The summed E-state index contributed by atoms with van der Waals surface area (Å²) in [6.07, 6.45) is 0. The van der Waals surface area contributed by atoms with Crippen LogP contribution in [0.2, 0.25) is 0 Å². The number of nitrogens with zero attached hydrogens (tertiary/aromatic N) is 1. The van der Waals surface area contributed by atoms with Crippen molar-refractivity contribution in [3.8, 4) is 11.5 Å². The van der Waals surface area contributed by atoms with Gasteiger partial charge in [0.05, 0.1) is 33.0 Å². The molecule has 0 aliphatic carbocycles. The highest BCUT2D eigenvalue weighted by atomic mass is 79.9. The van der Waals surface area contributed by atoms with E-state index in [0.717, 1.165) is 54.4 Å². The average Bonchev–Trinajstić information content (AvgIpc) is 2.41. The molecule has 0 atom stereocenters. The van der Waals surface area contributed by atoms with E-state index in [-0.39, 0.29) is 0 Å². The van der Waals surface area contributed by atoms with Gasteiger partial charge in [0.15, 0.2) is 0 Å². The Morgan fingerprint density at radius 3 is 2.22 bits per heavy atom. The molecule has 100 valence electrons. The van der Waals surface area contributed by atoms with Crippen molar-refractivity contribution in [1.29, 1.82) is 0 Å². The zero-order valence-corrected chi connectivity index (χ0v) is 12.3. The Bertz CT molecular complexity index is 380. The summed E-state index contributed by atoms with van der Waals surface area (Å²) in [4.78, 5) is 2.35. The van der Waals surface area contributed by atoms with Gasteiger partial charge in [-0.25, -0.2) is 0 Å². The van der Waals surface area contributed by atoms with Crippen LogP contribution in [-0.4, -0.2) is 45.4 Å². The van der Waals surface area contributed by atoms with Crippen LogP contribution in [0.15, 0.2) is 16.6 Å². The van der Waals surface area contributed by atoms with E-state index in [1.807, 2.05) is 12.1 Å². The Labute approximate surface area is 116 Å². The molecule has 0 bridgehead atoms. The van der Waals surface area contributed by atoms with Crippen molar-refractivity contribution in [2.75, 3.05) is 40.5 Å². The molecule has 1 fully saturated rings. The van der Waals surface area contributed by atoms with Gasteiger partial charge < -0.3 is 14.2 Å². The number of morpholine rings is 1. The van der Waals surface area contributed by atoms with Crippen molar-refractivity contribution < 1.29 is 14.2 Å². The van der Waals surface area contributed by atoms with E-state index in [0.29, 0.717) is 0 Å². The monoisotopic (exact) mass is 315 g/mol. The van der Waals surface area contributed by atoms with E-state index >= 15 is 0 Å². The summed E-state index contributed by atoms with van der Waals surface area (Å²) in [6.45, 7) is 4.30. The molecule has 4 nitrogen and oxygen atoms in total. The highest BCUT2D eigenvalue weighted by Crippen LogP contribution is 2.33. The number of hydrogen-bond donors (Lipinski definition) is 0.